The van der Waals surface area contributed by atoms with E-state index < -0.39 is 17.5 Å². The van der Waals surface area contributed by atoms with Gasteiger partial charge >= 0.3 is 0 Å². The van der Waals surface area contributed by atoms with Crippen molar-refractivity contribution in [2.24, 2.45) is 0 Å². The van der Waals surface area contributed by atoms with Gasteiger partial charge in [-0.1, -0.05) is 0 Å². The van der Waals surface area contributed by atoms with Crippen molar-refractivity contribution in [2.75, 3.05) is 18.5 Å². The lowest BCUT2D eigenvalue weighted by atomic mass is 10.1. The fourth-order valence-corrected chi connectivity index (χ4v) is 2.22. The molecule has 0 spiro atoms. The number of halogens is 3. The molecule has 3 N–H and O–H groups in total. The maximum Gasteiger partial charge on any atom is 0.276 e. The van der Waals surface area contributed by atoms with Crippen LogP contribution in [-0.4, -0.2) is 24.2 Å². The van der Waals surface area contributed by atoms with Gasteiger partial charge in [0.2, 0.25) is 0 Å². The van der Waals surface area contributed by atoms with Gasteiger partial charge in [0.25, 0.3) is 5.91 Å². The lowest BCUT2D eigenvalue weighted by Gasteiger charge is -2.13. The zero-order chi connectivity index (χ0) is 16.8. The molecule has 0 aromatic heterocycles. The van der Waals surface area contributed by atoms with E-state index in [1.807, 2.05) is 22.6 Å². The van der Waals surface area contributed by atoms with E-state index in [9.17, 15) is 13.6 Å². The van der Waals surface area contributed by atoms with Crippen LogP contribution in [0.3, 0.4) is 0 Å². The first-order valence-electron chi connectivity index (χ1n) is 6.56. The fraction of sp³-hybridized carbons (Fsp3) is 0.133. The summed E-state index contributed by atoms with van der Waals surface area (Å²) in [6.07, 6.45) is 0. The molecule has 23 heavy (non-hydrogen) atoms. The fourth-order valence-electron chi connectivity index (χ4n) is 1.77. The molecular formula is C15H13F2IN2O3. The summed E-state index contributed by atoms with van der Waals surface area (Å²) in [5.41, 5.74) is 2.39. The molecule has 1 amide bonds. The van der Waals surface area contributed by atoms with Crippen LogP contribution in [-0.2, 0) is 4.84 Å². The van der Waals surface area contributed by atoms with Gasteiger partial charge < -0.3 is 10.4 Å². The van der Waals surface area contributed by atoms with Crippen molar-refractivity contribution in [3.05, 3.63) is 57.2 Å². The summed E-state index contributed by atoms with van der Waals surface area (Å²) in [5, 5.41) is 11.3. The number of rotatable bonds is 6. The maximum atomic E-state index is 13.9. The van der Waals surface area contributed by atoms with E-state index in [0.29, 0.717) is 3.57 Å². The van der Waals surface area contributed by atoms with Crippen molar-refractivity contribution < 1.29 is 23.5 Å². The summed E-state index contributed by atoms with van der Waals surface area (Å²) in [5.74, 6) is -1.75. The van der Waals surface area contributed by atoms with Gasteiger partial charge in [-0.2, -0.15) is 0 Å². The van der Waals surface area contributed by atoms with E-state index in [2.05, 4.69) is 10.8 Å². The van der Waals surface area contributed by atoms with Crippen LogP contribution in [0, 0.1) is 15.2 Å². The summed E-state index contributed by atoms with van der Waals surface area (Å²) < 4.78 is 28.1. The van der Waals surface area contributed by atoms with Crippen molar-refractivity contribution in [2.45, 2.75) is 0 Å². The van der Waals surface area contributed by atoms with Gasteiger partial charge in [0.1, 0.15) is 11.6 Å². The number of benzene rings is 2. The maximum absolute atomic E-state index is 13.9. The molecule has 0 aliphatic rings. The number of amides is 1. The summed E-state index contributed by atoms with van der Waals surface area (Å²) in [4.78, 5) is 16.7. The number of anilines is 2. The number of nitrogens with one attached hydrogen (secondary N) is 2. The number of carbonyl (C=O) groups excluding carboxylic acids is 1. The minimum absolute atomic E-state index is 0.0716. The monoisotopic (exact) mass is 434 g/mol. The van der Waals surface area contributed by atoms with E-state index in [-0.39, 0.29) is 30.2 Å². The summed E-state index contributed by atoms with van der Waals surface area (Å²) >= 11 is 1.97. The Morgan fingerprint density at radius 2 is 1.96 bits per heavy atom. The summed E-state index contributed by atoms with van der Waals surface area (Å²) in [6.45, 7) is -0.343. The van der Waals surface area contributed by atoms with E-state index in [1.165, 1.54) is 18.2 Å². The number of hydrogen-bond acceptors (Lipinski definition) is 4. The zero-order valence-electron chi connectivity index (χ0n) is 11.8. The molecule has 0 fully saturated rings. The lowest BCUT2D eigenvalue weighted by molar-refractivity contribution is 0.0169. The molecular weight excluding hydrogens is 421 g/mol. The number of carbonyl (C=O) groups is 1. The zero-order valence-corrected chi connectivity index (χ0v) is 13.9. The average Bonchev–Trinajstić information content (AvgIpc) is 2.50. The quantitative estimate of drug-likeness (QED) is 0.372. The first kappa shape index (κ1) is 17.6. The Balaban J connectivity index is 2.26. The Morgan fingerprint density at radius 3 is 2.65 bits per heavy atom. The van der Waals surface area contributed by atoms with Gasteiger partial charge in [0.05, 0.1) is 30.2 Å². The normalized spacial score (nSPS) is 10.4. The molecule has 0 saturated carbocycles. The minimum Gasteiger partial charge on any atom is -0.394 e. The van der Waals surface area contributed by atoms with Gasteiger partial charge in [-0.3, -0.25) is 9.63 Å². The van der Waals surface area contributed by atoms with E-state index >= 15 is 0 Å². The van der Waals surface area contributed by atoms with Crippen LogP contribution >= 0.6 is 22.6 Å². The molecule has 0 atom stereocenters. The molecule has 0 radical (unpaired) electrons. The Morgan fingerprint density at radius 1 is 1.17 bits per heavy atom. The highest BCUT2D eigenvalue weighted by molar-refractivity contribution is 14.1. The minimum atomic E-state index is -0.646. The average molecular weight is 434 g/mol. The van der Waals surface area contributed by atoms with Gasteiger partial charge in [-0.25, -0.2) is 14.3 Å². The topological polar surface area (TPSA) is 70.6 Å². The third kappa shape index (κ3) is 4.85. The molecule has 0 saturated heterocycles. The van der Waals surface area contributed by atoms with Crippen LogP contribution < -0.4 is 10.8 Å². The third-order valence-corrected chi connectivity index (χ3v) is 3.46. The molecule has 0 aliphatic carbocycles. The predicted octanol–water partition coefficient (Wildman–Crippen LogP) is 2.97. The smallest absolute Gasteiger partial charge is 0.276 e. The molecule has 0 unspecified atom stereocenters. The lowest BCUT2D eigenvalue weighted by Crippen LogP contribution is -2.26. The molecule has 0 heterocycles. The predicted molar refractivity (Wildman–Crippen MR) is 89.3 cm³/mol. The number of hydroxylamine groups is 1. The second-order valence-electron chi connectivity index (χ2n) is 4.44. The van der Waals surface area contributed by atoms with E-state index in [4.69, 9.17) is 9.94 Å². The van der Waals surface area contributed by atoms with Crippen molar-refractivity contribution in [1.82, 2.24) is 5.48 Å². The molecule has 0 aliphatic heterocycles. The molecule has 5 nitrogen and oxygen atoms in total. The molecule has 2 aromatic rings. The van der Waals surface area contributed by atoms with Crippen LogP contribution in [0.25, 0.3) is 0 Å². The third-order valence-electron chi connectivity index (χ3n) is 2.78. The standard InChI is InChI=1S/C15H13F2IN2O3/c16-9-1-3-11(15(22)20-23-6-5-21)14(7-9)19-13-4-2-10(18)8-12(13)17/h1-4,7-8,19,21H,5-6H2,(H,20,22). The highest BCUT2D eigenvalue weighted by atomic mass is 127. The van der Waals surface area contributed by atoms with Crippen LogP contribution in [0.2, 0.25) is 0 Å². The number of hydrogen-bond donors (Lipinski definition) is 3. The van der Waals surface area contributed by atoms with Crippen LogP contribution in [0.1, 0.15) is 10.4 Å². The highest BCUT2D eigenvalue weighted by Gasteiger charge is 2.14. The Kier molecular flexibility index (Phi) is 6.25. The van der Waals surface area contributed by atoms with E-state index in [0.717, 1.165) is 12.1 Å². The number of aliphatic hydroxyl groups excluding tert-OH is 1. The van der Waals surface area contributed by atoms with Gasteiger partial charge in [-0.15, -0.1) is 0 Å². The Labute approximate surface area is 144 Å². The van der Waals surface area contributed by atoms with Crippen molar-refractivity contribution in [1.29, 1.82) is 0 Å². The van der Waals surface area contributed by atoms with E-state index in [1.54, 1.807) is 6.07 Å². The van der Waals surface area contributed by atoms with Crippen LogP contribution in [0.5, 0.6) is 0 Å². The largest absolute Gasteiger partial charge is 0.394 e. The Hall–Kier alpha value is -1.78. The second kappa shape index (κ2) is 8.18. The van der Waals surface area contributed by atoms with Gasteiger partial charge in [0.15, 0.2) is 0 Å². The highest BCUT2D eigenvalue weighted by Crippen LogP contribution is 2.25. The van der Waals surface area contributed by atoms with Crippen molar-refractivity contribution in [3.8, 4) is 0 Å². The Bertz CT molecular complexity index is 713. The van der Waals surface area contributed by atoms with Crippen LogP contribution in [0.15, 0.2) is 36.4 Å². The molecule has 0 bridgehead atoms. The summed E-state index contributed by atoms with van der Waals surface area (Å²) in [7, 11) is 0. The molecule has 122 valence electrons. The van der Waals surface area contributed by atoms with Gasteiger partial charge in [0, 0.05) is 3.57 Å². The van der Waals surface area contributed by atoms with Crippen LogP contribution in [0.4, 0.5) is 20.2 Å². The SMILES string of the molecule is O=C(NOCCO)c1ccc(F)cc1Nc1ccc(I)cc1F. The molecule has 2 rings (SSSR count). The molecule has 2 aromatic carbocycles. The first-order chi connectivity index (χ1) is 11.0. The first-order valence-corrected chi connectivity index (χ1v) is 7.63. The van der Waals surface area contributed by atoms with Gasteiger partial charge in [-0.05, 0) is 59.0 Å². The van der Waals surface area contributed by atoms with Crippen molar-refractivity contribution >= 4 is 39.9 Å². The number of aliphatic hydroxyl groups is 1. The second-order valence-corrected chi connectivity index (χ2v) is 5.69. The summed E-state index contributed by atoms with van der Waals surface area (Å²) in [6, 6.07) is 7.92. The van der Waals surface area contributed by atoms with Crippen molar-refractivity contribution in [3.63, 3.8) is 0 Å². The molecule has 8 heteroatoms.